The van der Waals surface area contributed by atoms with Crippen LogP contribution in [-0.4, -0.2) is 5.78 Å². The van der Waals surface area contributed by atoms with Crippen LogP contribution in [0, 0.1) is 5.92 Å². The molecule has 1 aliphatic carbocycles. The quantitative estimate of drug-likeness (QED) is 0.693. The van der Waals surface area contributed by atoms with E-state index in [-0.39, 0.29) is 0 Å². The average molecular weight is 228 g/mol. The summed E-state index contributed by atoms with van der Waals surface area (Å²) in [7, 11) is 0. The summed E-state index contributed by atoms with van der Waals surface area (Å²) in [6, 6.07) is 10.3. The fraction of sp³-hybridized carbons (Fsp3) is 0.438. The Labute approximate surface area is 104 Å². The normalized spacial score (nSPS) is 20.4. The molecule has 0 N–H and O–H groups in total. The Morgan fingerprint density at radius 1 is 1.35 bits per heavy atom. The van der Waals surface area contributed by atoms with Crippen LogP contribution in [-0.2, 0) is 4.79 Å². The largest absolute Gasteiger partial charge is 0.300 e. The van der Waals surface area contributed by atoms with Crippen molar-refractivity contribution in [2.45, 2.75) is 38.5 Å². The van der Waals surface area contributed by atoms with Crippen molar-refractivity contribution in [3.05, 3.63) is 48.0 Å². The molecule has 17 heavy (non-hydrogen) atoms. The molecule has 1 nitrogen and oxygen atoms in total. The van der Waals surface area contributed by atoms with Gasteiger partial charge in [-0.15, -0.1) is 0 Å². The van der Waals surface area contributed by atoms with Gasteiger partial charge in [-0.1, -0.05) is 49.4 Å². The van der Waals surface area contributed by atoms with Crippen LogP contribution < -0.4 is 0 Å². The van der Waals surface area contributed by atoms with Gasteiger partial charge in [-0.05, 0) is 30.2 Å². The minimum absolute atomic E-state index is 0.342. The van der Waals surface area contributed by atoms with E-state index in [4.69, 9.17) is 0 Å². The van der Waals surface area contributed by atoms with Crippen molar-refractivity contribution in [3.8, 4) is 0 Å². The molecule has 1 aliphatic rings. The molecule has 0 fully saturated rings. The van der Waals surface area contributed by atoms with Crippen LogP contribution in [0.3, 0.4) is 0 Å². The topological polar surface area (TPSA) is 17.1 Å². The van der Waals surface area contributed by atoms with Crippen LogP contribution in [0.4, 0.5) is 0 Å². The molecule has 0 heterocycles. The molecule has 0 aromatic heterocycles. The number of rotatable bonds is 5. The summed E-state index contributed by atoms with van der Waals surface area (Å²) in [4.78, 5) is 11.9. The predicted octanol–water partition coefficient (Wildman–Crippen LogP) is 4.11. The van der Waals surface area contributed by atoms with Gasteiger partial charge in [0.05, 0.1) is 0 Å². The first-order valence-electron chi connectivity index (χ1n) is 6.49. The van der Waals surface area contributed by atoms with Gasteiger partial charge in [0.25, 0.3) is 0 Å². The second-order valence-electron chi connectivity index (χ2n) is 5.02. The van der Waals surface area contributed by atoms with Gasteiger partial charge in [0, 0.05) is 12.8 Å². The van der Waals surface area contributed by atoms with Gasteiger partial charge in [-0.2, -0.15) is 0 Å². The molecular weight excluding hydrogens is 208 g/mol. The Morgan fingerprint density at radius 3 is 2.76 bits per heavy atom. The van der Waals surface area contributed by atoms with Crippen molar-refractivity contribution in [2.24, 2.45) is 5.92 Å². The highest BCUT2D eigenvalue weighted by Crippen LogP contribution is 2.24. The molecule has 90 valence electrons. The van der Waals surface area contributed by atoms with Crippen LogP contribution >= 0.6 is 0 Å². The second-order valence-corrected chi connectivity index (χ2v) is 5.02. The zero-order chi connectivity index (χ0) is 12.1. The Kier molecular flexibility index (Phi) is 4.13. The molecule has 1 unspecified atom stereocenters. The van der Waals surface area contributed by atoms with Gasteiger partial charge in [-0.25, -0.2) is 0 Å². The average Bonchev–Trinajstić information content (AvgIpc) is 2.82. The lowest BCUT2D eigenvalue weighted by Gasteiger charge is -2.12. The molecule has 2 rings (SSSR count). The highest BCUT2D eigenvalue weighted by molar-refractivity contribution is 5.79. The summed E-state index contributed by atoms with van der Waals surface area (Å²) in [5.41, 5.74) is 1.27. The molecule has 1 aromatic rings. The minimum Gasteiger partial charge on any atom is -0.300 e. The van der Waals surface area contributed by atoms with E-state index in [2.05, 4.69) is 31.2 Å². The van der Waals surface area contributed by atoms with Crippen molar-refractivity contribution in [1.82, 2.24) is 0 Å². The third-order valence-electron chi connectivity index (χ3n) is 3.50. The fourth-order valence-corrected chi connectivity index (χ4v) is 2.48. The van der Waals surface area contributed by atoms with Crippen molar-refractivity contribution < 1.29 is 4.79 Å². The lowest BCUT2D eigenvalue weighted by molar-refractivity contribution is -0.120. The number of carbonyl (C=O) groups is 1. The van der Waals surface area contributed by atoms with Crippen molar-refractivity contribution in [3.63, 3.8) is 0 Å². The van der Waals surface area contributed by atoms with Crippen molar-refractivity contribution in [2.75, 3.05) is 0 Å². The Bertz CT molecular complexity index is 391. The van der Waals surface area contributed by atoms with Gasteiger partial charge in [-0.3, -0.25) is 4.79 Å². The molecule has 0 spiro atoms. The number of carbonyl (C=O) groups excluding carboxylic acids is 1. The Balaban J connectivity index is 1.84. The van der Waals surface area contributed by atoms with Crippen LogP contribution in [0.2, 0.25) is 0 Å². The minimum atomic E-state index is 0.342. The molecular formula is C16H20O. The smallest absolute Gasteiger partial charge is 0.134 e. The summed E-state index contributed by atoms with van der Waals surface area (Å²) in [5.74, 6) is 1.25. The predicted molar refractivity (Wildman–Crippen MR) is 71.0 cm³/mol. The van der Waals surface area contributed by atoms with Gasteiger partial charge in [0.2, 0.25) is 0 Å². The maximum atomic E-state index is 11.9. The monoisotopic (exact) mass is 228 g/mol. The fourth-order valence-electron chi connectivity index (χ4n) is 2.48. The molecule has 1 aromatic carbocycles. The zero-order valence-electron chi connectivity index (χ0n) is 10.4. The van der Waals surface area contributed by atoms with Gasteiger partial charge < -0.3 is 0 Å². The number of benzene rings is 1. The van der Waals surface area contributed by atoms with Gasteiger partial charge >= 0.3 is 0 Å². The molecule has 0 radical (unpaired) electrons. The molecule has 0 amide bonds. The van der Waals surface area contributed by atoms with E-state index in [1.807, 2.05) is 18.2 Å². The van der Waals surface area contributed by atoms with E-state index in [9.17, 15) is 4.79 Å². The van der Waals surface area contributed by atoms with Gasteiger partial charge in [0.15, 0.2) is 0 Å². The zero-order valence-corrected chi connectivity index (χ0v) is 10.4. The number of allylic oxidation sites excluding steroid dienone is 2. The standard InChI is InChI=1S/C16H20O/c1-13(15-9-3-2-4-10-15)11-16(17)12-14-7-5-6-8-14/h2-5,7,9-10,13-14H,6,8,11-12H2,1H3/t13-,14?/m0/s1. The molecule has 0 saturated heterocycles. The van der Waals surface area contributed by atoms with Crippen molar-refractivity contribution in [1.29, 1.82) is 0 Å². The van der Waals surface area contributed by atoms with E-state index in [0.29, 0.717) is 24.0 Å². The molecule has 0 aliphatic heterocycles. The molecule has 1 heteroatoms. The van der Waals surface area contributed by atoms with Crippen LogP contribution in [0.25, 0.3) is 0 Å². The Morgan fingerprint density at radius 2 is 2.12 bits per heavy atom. The van der Waals surface area contributed by atoms with Crippen LogP contribution in [0.1, 0.15) is 44.1 Å². The lowest BCUT2D eigenvalue weighted by atomic mass is 9.92. The second kappa shape index (κ2) is 5.81. The summed E-state index contributed by atoms with van der Waals surface area (Å²) in [6.45, 7) is 2.14. The van der Waals surface area contributed by atoms with Gasteiger partial charge in [0.1, 0.15) is 5.78 Å². The van der Waals surface area contributed by atoms with E-state index in [1.54, 1.807) is 0 Å². The van der Waals surface area contributed by atoms with Crippen LogP contribution in [0.15, 0.2) is 42.5 Å². The summed E-state index contributed by atoms with van der Waals surface area (Å²) in [6.07, 6.45) is 8.10. The first-order chi connectivity index (χ1) is 8.25. The molecule has 0 saturated carbocycles. The highest BCUT2D eigenvalue weighted by Gasteiger charge is 2.16. The summed E-state index contributed by atoms with van der Waals surface area (Å²) < 4.78 is 0. The summed E-state index contributed by atoms with van der Waals surface area (Å²) >= 11 is 0. The highest BCUT2D eigenvalue weighted by atomic mass is 16.1. The third-order valence-corrected chi connectivity index (χ3v) is 3.50. The number of hydrogen-bond donors (Lipinski definition) is 0. The summed E-state index contributed by atoms with van der Waals surface area (Å²) in [5, 5.41) is 0. The molecule has 0 bridgehead atoms. The molecule has 2 atom stereocenters. The SMILES string of the molecule is C[C@@H](CC(=O)CC1C=CCC1)c1ccccc1. The van der Waals surface area contributed by atoms with E-state index >= 15 is 0 Å². The third kappa shape index (κ3) is 3.55. The maximum absolute atomic E-state index is 11.9. The van der Waals surface area contributed by atoms with E-state index < -0.39 is 0 Å². The number of Topliss-reactive ketones (excluding diaryl/α,β-unsaturated/α-hetero) is 1. The Hall–Kier alpha value is -1.37. The first kappa shape index (κ1) is 12.1. The number of hydrogen-bond acceptors (Lipinski definition) is 1. The number of ketones is 1. The maximum Gasteiger partial charge on any atom is 0.134 e. The van der Waals surface area contributed by atoms with Crippen molar-refractivity contribution >= 4 is 5.78 Å². The van der Waals surface area contributed by atoms with E-state index in [1.165, 1.54) is 5.56 Å². The van der Waals surface area contributed by atoms with Crippen LogP contribution in [0.5, 0.6) is 0 Å². The lowest BCUT2D eigenvalue weighted by Crippen LogP contribution is -2.08. The first-order valence-corrected chi connectivity index (χ1v) is 6.49. The van der Waals surface area contributed by atoms with E-state index in [0.717, 1.165) is 19.3 Å².